The zero-order chi connectivity index (χ0) is 22.5. The SMILES string of the molecule is CC(C)Oc1cc(CCC(=O)N2CC[C@H]3[C@H]2CCCCC(=O)N3Cc2ccccc2)on1. The lowest BCUT2D eigenvalue weighted by atomic mass is 9.96. The summed E-state index contributed by atoms with van der Waals surface area (Å²) in [4.78, 5) is 30.1. The van der Waals surface area contributed by atoms with Gasteiger partial charge in [0.15, 0.2) is 0 Å². The fourth-order valence-electron chi connectivity index (χ4n) is 4.89. The lowest BCUT2D eigenvalue weighted by Gasteiger charge is -2.37. The number of rotatable bonds is 7. The first kappa shape index (κ1) is 22.4. The molecule has 2 amide bonds. The molecule has 0 aliphatic carbocycles. The molecule has 2 atom stereocenters. The van der Waals surface area contributed by atoms with E-state index in [1.54, 1.807) is 6.07 Å². The lowest BCUT2D eigenvalue weighted by molar-refractivity contribution is -0.139. The van der Waals surface area contributed by atoms with Crippen molar-refractivity contribution in [3.63, 3.8) is 0 Å². The minimum atomic E-state index is 0.0250. The Hall–Kier alpha value is -2.83. The summed E-state index contributed by atoms with van der Waals surface area (Å²) >= 11 is 0. The third-order valence-electron chi connectivity index (χ3n) is 6.37. The topological polar surface area (TPSA) is 75.9 Å². The van der Waals surface area contributed by atoms with Gasteiger partial charge in [-0.2, -0.15) is 0 Å². The van der Waals surface area contributed by atoms with Gasteiger partial charge in [0.1, 0.15) is 5.76 Å². The summed E-state index contributed by atoms with van der Waals surface area (Å²) in [5.41, 5.74) is 1.13. The van der Waals surface area contributed by atoms with Crippen molar-refractivity contribution in [2.24, 2.45) is 0 Å². The van der Waals surface area contributed by atoms with E-state index < -0.39 is 0 Å². The predicted molar refractivity (Wildman–Crippen MR) is 120 cm³/mol. The molecule has 2 saturated heterocycles. The van der Waals surface area contributed by atoms with E-state index in [1.807, 2.05) is 41.8 Å². The first-order valence-corrected chi connectivity index (χ1v) is 11.8. The van der Waals surface area contributed by atoms with Crippen LogP contribution in [-0.2, 0) is 22.6 Å². The van der Waals surface area contributed by atoms with Gasteiger partial charge in [0, 0.05) is 38.4 Å². The molecule has 2 aliphatic rings. The third-order valence-corrected chi connectivity index (χ3v) is 6.37. The number of carbonyl (C=O) groups excluding carboxylic acids is 2. The zero-order valence-corrected chi connectivity index (χ0v) is 19.0. The molecule has 2 aromatic rings. The average Bonchev–Trinajstić information content (AvgIpc) is 3.39. The van der Waals surface area contributed by atoms with E-state index in [1.165, 1.54) is 0 Å². The van der Waals surface area contributed by atoms with Gasteiger partial charge in [0.05, 0.1) is 18.2 Å². The van der Waals surface area contributed by atoms with Crippen LogP contribution >= 0.6 is 0 Å². The summed E-state index contributed by atoms with van der Waals surface area (Å²) in [5.74, 6) is 1.44. The van der Waals surface area contributed by atoms with E-state index >= 15 is 0 Å². The highest BCUT2D eigenvalue weighted by molar-refractivity contribution is 5.79. The Morgan fingerprint density at radius 1 is 1.19 bits per heavy atom. The molecule has 2 fully saturated rings. The summed E-state index contributed by atoms with van der Waals surface area (Å²) in [5, 5.41) is 3.91. The van der Waals surface area contributed by atoms with E-state index in [9.17, 15) is 9.59 Å². The maximum atomic E-state index is 13.1. The van der Waals surface area contributed by atoms with Crippen molar-refractivity contribution in [1.82, 2.24) is 15.0 Å². The molecule has 0 radical (unpaired) electrons. The first-order chi connectivity index (χ1) is 15.5. The van der Waals surface area contributed by atoms with Gasteiger partial charge in [-0.25, -0.2) is 0 Å². The minimum Gasteiger partial charge on any atom is -0.473 e. The van der Waals surface area contributed by atoms with Crippen LogP contribution in [0.5, 0.6) is 5.88 Å². The number of amides is 2. The highest BCUT2D eigenvalue weighted by atomic mass is 16.5. The molecule has 7 nitrogen and oxygen atoms in total. The number of hydrogen-bond acceptors (Lipinski definition) is 5. The number of ether oxygens (including phenoxy) is 1. The Balaban J connectivity index is 1.41. The van der Waals surface area contributed by atoms with Crippen molar-refractivity contribution >= 4 is 11.8 Å². The van der Waals surface area contributed by atoms with Crippen LogP contribution in [0, 0.1) is 0 Å². The van der Waals surface area contributed by atoms with E-state index in [2.05, 4.69) is 17.3 Å². The van der Waals surface area contributed by atoms with Crippen molar-refractivity contribution in [2.75, 3.05) is 6.54 Å². The molecule has 3 heterocycles. The Morgan fingerprint density at radius 3 is 2.78 bits per heavy atom. The molecule has 0 saturated carbocycles. The highest BCUT2D eigenvalue weighted by Crippen LogP contribution is 2.32. The number of aromatic nitrogens is 1. The fraction of sp³-hybridized carbons (Fsp3) is 0.560. The predicted octanol–water partition coefficient (Wildman–Crippen LogP) is 3.97. The molecule has 172 valence electrons. The Labute approximate surface area is 189 Å². The monoisotopic (exact) mass is 439 g/mol. The van der Waals surface area contributed by atoms with E-state index in [-0.39, 0.29) is 30.0 Å². The standard InChI is InChI=1S/C25H33N3O4/c1-18(2)31-23-16-20(32-26-23)12-13-25(30)27-15-14-22-21(27)10-6-7-11-24(29)28(22)17-19-8-4-3-5-9-19/h3-5,8-9,16,18,21-22H,6-7,10-15,17H2,1-2H3/t21-,22+/m1/s1. The fourth-order valence-corrected chi connectivity index (χ4v) is 4.89. The largest absolute Gasteiger partial charge is 0.473 e. The molecule has 2 aliphatic heterocycles. The summed E-state index contributed by atoms with van der Waals surface area (Å²) in [6, 6.07) is 12.1. The molecular weight excluding hydrogens is 406 g/mol. The van der Waals surface area contributed by atoms with Crippen LogP contribution in [0.1, 0.15) is 63.7 Å². The van der Waals surface area contributed by atoms with E-state index in [4.69, 9.17) is 9.26 Å². The maximum Gasteiger partial charge on any atom is 0.254 e. The molecule has 1 aromatic carbocycles. The normalized spacial score (nSPS) is 21.4. The number of nitrogens with zero attached hydrogens (tertiary/aromatic N) is 3. The summed E-state index contributed by atoms with van der Waals surface area (Å²) in [6.45, 7) is 5.18. The molecule has 0 unspecified atom stereocenters. The molecule has 32 heavy (non-hydrogen) atoms. The van der Waals surface area contributed by atoms with Gasteiger partial charge in [-0.15, -0.1) is 0 Å². The third kappa shape index (κ3) is 5.31. The molecule has 0 bridgehead atoms. The molecule has 0 N–H and O–H groups in total. The van der Waals surface area contributed by atoms with Crippen LogP contribution < -0.4 is 4.74 Å². The smallest absolute Gasteiger partial charge is 0.254 e. The number of likely N-dealkylation sites (tertiary alicyclic amines) is 2. The van der Waals surface area contributed by atoms with Crippen LogP contribution in [0.25, 0.3) is 0 Å². The summed E-state index contributed by atoms with van der Waals surface area (Å²) in [7, 11) is 0. The van der Waals surface area contributed by atoms with Crippen LogP contribution in [0.15, 0.2) is 40.9 Å². The van der Waals surface area contributed by atoms with E-state index in [0.717, 1.165) is 31.2 Å². The summed E-state index contributed by atoms with van der Waals surface area (Å²) in [6.07, 6.45) is 5.13. The van der Waals surface area contributed by atoms with Gasteiger partial charge in [-0.1, -0.05) is 36.8 Å². The highest BCUT2D eigenvalue weighted by Gasteiger charge is 2.42. The molecule has 1 aromatic heterocycles. The van der Waals surface area contributed by atoms with Crippen molar-refractivity contribution in [3.05, 3.63) is 47.7 Å². The van der Waals surface area contributed by atoms with Crippen LogP contribution in [0.4, 0.5) is 0 Å². The van der Waals surface area contributed by atoms with Crippen LogP contribution in [0.2, 0.25) is 0 Å². The second-order valence-corrected chi connectivity index (χ2v) is 9.06. The van der Waals surface area contributed by atoms with Crippen molar-refractivity contribution in [1.29, 1.82) is 0 Å². The number of carbonyl (C=O) groups is 2. The van der Waals surface area contributed by atoms with Crippen LogP contribution in [0.3, 0.4) is 0 Å². The first-order valence-electron chi connectivity index (χ1n) is 11.8. The van der Waals surface area contributed by atoms with Crippen molar-refractivity contribution < 1.29 is 18.8 Å². The van der Waals surface area contributed by atoms with Crippen molar-refractivity contribution in [2.45, 2.75) is 83.5 Å². The van der Waals surface area contributed by atoms with Gasteiger partial charge in [-0.3, -0.25) is 9.59 Å². The number of fused-ring (bicyclic) bond motifs is 1. The number of benzene rings is 1. The Morgan fingerprint density at radius 2 is 2.00 bits per heavy atom. The molecular formula is C25H33N3O4. The zero-order valence-electron chi connectivity index (χ0n) is 19.0. The van der Waals surface area contributed by atoms with Gasteiger partial charge >= 0.3 is 0 Å². The molecule has 7 heteroatoms. The number of aryl methyl sites for hydroxylation is 1. The Kier molecular flexibility index (Phi) is 7.12. The number of hydrogen-bond donors (Lipinski definition) is 0. The van der Waals surface area contributed by atoms with Crippen molar-refractivity contribution in [3.8, 4) is 5.88 Å². The van der Waals surface area contributed by atoms with Gasteiger partial charge in [0.25, 0.3) is 5.88 Å². The second-order valence-electron chi connectivity index (χ2n) is 9.06. The maximum absolute atomic E-state index is 13.1. The van der Waals surface area contributed by atoms with Crippen LogP contribution in [-0.4, -0.2) is 51.5 Å². The van der Waals surface area contributed by atoms with E-state index in [0.29, 0.717) is 44.0 Å². The molecule has 4 rings (SSSR count). The average molecular weight is 440 g/mol. The Bertz CT molecular complexity index is 911. The minimum absolute atomic E-state index is 0.0250. The lowest BCUT2D eigenvalue weighted by Crippen LogP contribution is -2.49. The second kappa shape index (κ2) is 10.2. The molecule has 0 spiro atoms. The van der Waals surface area contributed by atoms with Gasteiger partial charge < -0.3 is 19.1 Å². The van der Waals surface area contributed by atoms with Gasteiger partial charge in [0.2, 0.25) is 11.8 Å². The summed E-state index contributed by atoms with van der Waals surface area (Å²) < 4.78 is 10.9. The van der Waals surface area contributed by atoms with Gasteiger partial charge in [-0.05, 0) is 43.8 Å². The quantitative estimate of drug-likeness (QED) is 0.653.